The number of ether oxygens (including phenoxy) is 1. The predicted molar refractivity (Wildman–Crippen MR) is 79.9 cm³/mol. The molecule has 2 rings (SSSR count). The van der Waals surface area contributed by atoms with Crippen molar-refractivity contribution in [1.29, 1.82) is 0 Å². The van der Waals surface area contributed by atoms with Gasteiger partial charge in [-0.3, -0.25) is 0 Å². The number of nitrogen functional groups attached to an aromatic ring is 2. The van der Waals surface area contributed by atoms with E-state index in [9.17, 15) is 5.11 Å². The number of nitrogens with two attached hydrogens (primary N) is 2. The van der Waals surface area contributed by atoms with Gasteiger partial charge in [0.2, 0.25) is 0 Å². The van der Waals surface area contributed by atoms with Crippen LogP contribution in [-0.2, 0) is 16.7 Å². The minimum atomic E-state index is -0.696. The van der Waals surface area contributed by atoms with Crippen molar-refractivity contribution >= 4 is 17.6 Å². The summed E-state index contributed by atoms with van der Waals surface area (Å²) in [7, 11) is 1.86. The molecule has 2 atom stereocenters. The smallest absolute Gasteiger partial charge is 0.315 e. The van der Waals surface area contributed by atoms with Crippen LogP contribution in [0, 0.1) is 6.92 Å². The highest BCUT2D eigenvalue weighted by molar-refractivity contribution is 5.77. The van der Waals surface area contributed by atoms with Gasteiger partial charge in [0.05, 0.1) is 11.8 Å². The maximum Gasteiger partial charge on any atom is 0.315 e. The molecule has 0 radical (unpaired) electrons. The molecular weight excluding hydrogens is 274 g/mol. The van der Waals surface area contributed by atoms with Crippen LogP contribution < -0.4 is 11.5 Å². The fourth-order valence-corrected chi connectivity index (χ4v) is 2.37. The zero-order valence-corrected chi connectivity index (χ0v) is 12.1. The summed E-state index contributed by atoms with van der Waals surface area (Å²) in [5.74, 6) is 0.460. The quantitative estimate of drug-likeness (QED) is 0.492. The largest absolute Gasteiger partial charge is 0.460 e. The fraction of sp³-hybridized carbons (Fsp3) is 0.429. The van der Waals surface area contributed by atoms with E-state index in [1.807, 2.05) is 30.7 Å². The van der Waals surface area contributed by atoms with E-state index in [1.54, 1.807) is 0 Å². The minimum Gasteiger partial charge on any atom is -0.460 e. The second-order valence-corrected chi connectivity index (χ2v) is 5.11. The molecule has 0 fully saturated rings. The minimum absolute atomic E-state index is 0.0770. The molecule has 0 bridgehead atoms. The van der Waals surface area contributed by atoms with Crippen LogP contribution in [0.25, 0.3) is 6.08 Å². The maximum absolute atomic E-state index is 9.61. The van der Waals surface area contributed by atoms with Gasteiger partial charge in [0.1, 0.15) is 11.9 Å². The monoisotopic (exact) mass is 295 g/mol. The summed E-state index contributed by atoms with van der Waals surface area (Å²) in [6, 6.07) is 0. The molecule has 7 nitrogen and oxygen atoms in total. The van der Waals surface area contributed by atoms with Crippen LogP contribution in [0.4, 0.5) is 11.5 Å². The summed E-state index contributed by atoms with van der Waals surface area (Å²) < 4.78 is 7.18. The molecule has 7 heteroatoms. The van der Waals surface area contributed by atoms with E-state index in [4.69, 9.17) is 21.5 Å². The van der Waals surface area contributed by atoms with Crippen molar-refractivity contribution in [2.24, 2.45) is 7.05 Å². The van der Waals surface area contributed by atoms with Gasteiger partial charge in [-0.25, -0.2) is 0 Å². The Morgan fingerprint density at radius 2 is 2.24 bits per heavy atom. The highest BCUT2D eigenvalue weighted by Gasteiger charge is 2.22. The Hall–Kier alpha value is -2.12. The van der Waals surface area contributed by atoms with Crippen molar-refractivity contribution in [2.75, 3.05) is 11.5 Å². The van der Waals surface area contributed by atoms with Crippen molar-refractivity contribution in [2.45, 2.75) is 32.0 Å². The second kappa shape index (κ2) is 6.11. The van der Waals surface area contributed by atoms with E-state index in [0.29, 0.717) is 24.3 Å². The molecule has 1 unspecified atom stereocenters. The molecular formula is C14H21N3O4. The van der Waals surface area contributed by atoms with Crippen molar-refractivity contribution < 1.29 is 20.0 Å². The third-order valence-corrected chi connectivity index (χ3v) is 3.71. The van der Waals surface area contributed by atoms with Gasteiger partial charge in [0.15, 0.2) is 0 Å². The summed E-state index contributed by atoms with van der Waals surface area (Å²) in [5, 5.41) is 18.2. The summed E-state index contributed by atoms with van der Waals surface area (Å²) in [6.45, 7) is 1.94. The average molecular weight is 295 g/mol. The summed E-state index contributed by atoms with van der Waals surface area (Å²) in [5.41, 5.74) is 14.2. The van der Waals surface area contributed by atoms with Gasteiger partial charge in [-0.1, -0.05) is 12.2 Å². The first kappa shape index (κ1) is 15.3. The van der Waals surface area contributed by atoms with Gasteiger partial charge < -0.3 is 30.8 Å². The lowest BCUT2D eigenvalue weighted by Gasteiger charge is -2.24. The number of anilines is 2. The van der Waals surface area contributed by atoms with Crippen molar-refractivity contribution in [3.8, 4) is 0 Å². The molecule has 1 aromatic heterocycles. The topological polar surface area (TPSA) is 116 Å². The number of aliphatic hydroxyl groups excluding tert-OH is 1. The third kappa shape index (κ3) is 3.14. The maximum atomic E-state index is 9.61. The molecule has 116 valence electrons. The van der Waals surface area contributed by atoms with Gasteiger partial charge in [-0.2, -0.15) is 5.26 Å². The number of aromatic nitrogens is 1. The van der Waals surface area contributed by atoms with Crippen molar-refractivity contribution in [1.82, 2.24) is 4.57 Å². The first-order valence-corrected chi connectivity index (χ1v) is 6.68. The lowest BCUT2D eigenvalue weighted by molar-refractivity contribution is -0.255. The number of hydrogen-bond donors (Lipinski definition) is 4. The first-order valence-electron chi connectivity index (χ1n) is 6.68. The zero-order valence-electron chi connectivity index (χ0n) is 12.1. The molecule has 1 aliphatic heterocycles. The molecule has 0 aliphatic carbocycles. The predicted octanol–water partition coefficient (Wildman–Crippen LogP) is 1.38. The average Bonchev–Trinajstić information content (AvgIpc) is 2.64. The van der Waals surface area contributed by atoms with Gasteiger partial charge in [0, 0.05) is 37.2 Å². The number of nitrogens with zero attached hydrogens (tertiary/aromatic N) is 1. The van der Waals surface area contributed by atoms with Gasteiger partial charge in [-0.15, -0.1) is 0 Å². The van der Waals surface area contributed by atoms with E-state index in [1.165, 1.54) is 6.08 Å². The molecule has 6 N–H and O–H groups in total. The number of hydrogen-bond acceptors (Lipinski definition) is 6. The normalized spacial score (nSPS) is 22.2. The first-order chi connectivity index (χ1) is 9.93. The Morgan fingerprint density at radius 1 is 1.52 bits per heavy atom. The molecule has 0 saturated carbocycles. The highest BCUT2D eigenvalue weighted by atomic mass is 17.1. The van der Waals surface area contributed by atoms with Crippen LogP contribution in [0.1, 0.15) is 24.1 Å². The Bertz CT molecular complexity index is 552. The standard InChI is InChI=1S/C14H21N3O4/c1-8-11(13(15)14(16)17(8)2)5-3-4-10-6-9(18)7-12(20-10)21-19/h3,5,7,9-10,18-19H,4,6,15-16H2,1-2H3/b5-3-/t9-,10?/m1/s1. The van der Waals surface area contributed by atoms with Crippen LogP contribution in [0.15, 0.2) is 18.1 Å². The van der Waals surface area contributed by atoms with Crippen LogP contribution in [0.2, 0.25) is 0 Å². The molecule has 2 heterocycles. The molecule has 0 saturated heterocycles. The van der Waals surface area contributed by atoms with Crippen molar-refractivity contribution in [3.05, 3.63) is 29.4 Å². The SMILES string of the molecule is Cc1c(/C=C\CC2C[C@@H](O)C=C(OO)O2)c(N)c(N)n1C. The number of rotatable bonds is 4. The van der Waals surface area contributed by atoms with E-state index < -0.39 is 6.10 Å². The lowest BCUT2D eigenvalue weighted by atomic mass is 10.1. The van der Waals surface area contributed by atoms with Crippen LogP contribution in [0.3, 0.4) is 0 Å². The summed E-state index contributed by atoms with van der Waals surface area (Å²) in [6.07, 6.45) is 5.11. The van der Waals surface area contributed by atoms with Crippen LogP contribution in [-0.4, -0.2) is 27.1 Å². The van der Waals surface area contributed by atoms with Crippen molar-refractivity contribution in [3.63, 3.8) is 0 Å². The second-order valence-electron chi connectivity index (χ2n) is 5.11. The molecule has 1 aliphatic rings. The third-order valence-electron chi connectivity index (χ3n) is 3.71. The zero-order chi connectivity index (χ0) is 15.6. The molecule has 0 spiro atoms. The van der Waals surface area contributed by atoms with Gasteiger partial charge >= 0.3 is 5.95 Å². The fourth-order valence-electron chi connectivity index (χ4n) is 2.37. The van der Waals surface area contributed by atoms with Crippen LogP contribution >= 0.6 is 0 Å². The highest BCUT2D eigenvalue weighted by Crippen LogP contribution is 2.28. The Labute approximate surface area is 123 Å². The molecule has 0 amide bonds. The summed E-state index contributed by atoms with van der Waals surface area (Å²) >= 11 is 0. The molecule has 1 aromatic rings. The Kier molecular flexibility index (Phi) is 4.44. The summed E-state index contributed by atoms with van der Waals surface area (Å²) in [4.78, 5) is 4.03. The van der Waals surface area contributed by atoms with E-state index in [0.717, 1.165) is 11.3 Å². The van der Waals surface area contributed by atoms with Gasteiger partial charge in [-0.05, 0) is 6.92 Å². The Morgan fingerprint density at radius 3 is 2.81 bits per heavy atom. The van der Waals surface area contributed by atoms with E-state index in [-0.39, 0.29) is 12.0 Å². The van der Waals surface area contributed by atoms with Gasteiger partial charge in [0.25, 0.3) is 0 Å². The lowest BCUT2D eigenvalue weighted by Crippen LogP contribution is -2.25. The van der Waals surface area contributed by atoms with E-state index >= 15 is 0 Å². The van der Waals surface area contributed by atoms with Crippen LogP contribution in [0.5, 0.6) is 0 Å². The van der Waals surface area contributed by atoms with E-state index in [2.05, 4.69) is 4.89 Å². The molecule has 21 heavy (non-hydrogen) atoms. The number of aliphatic hydroxyl groups is 1. The Balaban J connectivity index is 2.04. The molecule has 0 aromatic carbocycles.